The van der Waals surface area contributed by atoms with Gasteiger partial charge in [-0.1, -0.05) is 19.1 Å². The minimum Gasteiger partial charge on any atom is -0.465 e. The number of halogens is 1. The number of rotatable bonds is 5. The average molecular weight is 261 g/mol. The molecule has 0 radical (unpaired) electrons. The molecule has 102 valence electrons. The minimum atomic E-state index is -0.155. The number of nitrogens with one attached hydrogen (secondary N) is 1. The van der Waals surface area contributed by atoms with E-state index in [1.54, 1.807) is 13.0 Å². The third-order valence-electron chi connectivity index (χ3n) is 3.34. The van der Waals surface area contributed by atoms with E-state index in [0.717, 1.165) is 23.5 Å². The molecule has 0 saturated heterocycles. The van der Waals surface area contributed by atoms with Crippen LogP contribution in [0.2, 0.25) is 0 Å². The molecular weight excluding hydrogens is 241 g/mol. The van der Waals surface area contributed by atoms with Gasteiger partial charge in [-0.15, -0.1) is 0 Å². The van der Waals surface area contributed by atoms with Gasteiger partial charge in [-0.25, -0.2) is 4.39 Å². The molecule has 0 fully saturated rings. The van der Waals surface area contributed by atoms with Crippen molar-refractivity contribution in [3.63, 3.8) is 0 Å². The Morgan fingerprint density at radius 2 is 1.95 bits per heavy atom. The van der Waals surface area contributed by atoms with Crippen molar-refractivity contribution < 1.29 is 8.81 Å². The normalized spacial score (nSPS) is 12.6. The Morgan fingerprint density at radius 3 is 2.58 bits per heavy atom. The predicted molar refractivity (Wildman–Crippen MR) is 74.5 cm³/mol. The van der Waals surface area contributed by atoms with E-state index < -0.39 is 0 Å². The Hall–Kier alpha value is -1.61. The van der Waals surface area contributed by atoms with E-state index in [9.17, 15) is 4.39 Å². The molecule has 1 heterocycles. The first-order valence-corrected chi connectivity index (χ1v) is 6.67. The first-order chi connectivity index (χ1) is 9.10. The highest BCUT2D eigenvalue weighted by Crippen LogP contribution is 2.17. The summed E-state index contributed by atoms with van der Waals surface area (Å²) in [6.45, 7) is 6.50. The standard InChI is InChI=1S/C16H20FNO/c1-4-14-7-8-15(19-14)10-18-12(3)13-6-5-11(2)16(17)9-13/h5-9,12,18H,4,10H2,1-3H3. The molecule has 0 aliphatic heterocycles. The Kier molecular flexibility index (Phi) is 4.38. The first kappa shape index (κ1) is 13.8. The van der Waals surface area contributed by atoms with Crippen LogP contribution in [0.1, 0.15) is 42.5 Å². The number of hydrogen-bond donors (Lipinski definition) is 1. The zero-order valence-electron chi connectivity index (χ0n) is 11.7. The van der Waals surface area contributed by atoms with Crippen molar-refractivity contribution in [1.29, 1.82) is 0 Å². The van der Waals surface area contributed by atoms with Crippen LogP contribution in [0.4, 0.5) is 4.39 Å². The van der Waals surface area contributed by atoms with Crippen molar-refractivity contribution in [2.45, 2.75) is 39.8 Å². The van der Waals surface area contributed by atoms with Crippen molar-refractivity contribution in [3.8, 4) is 0 Å². The molecule has 1 aromatic heterocycles. The van der Waals surface area contributed by atoms with Crippen LogP contribution in [0.15, 0.2) is 34.7 Å². The summed E-state index contributed by atoms with van der Waals surface area (Å²) in [7, 11) is 0. The third-order valence-corrected chi connectivity index (χ3v) is 3.34. The van der Waals surface area contributed by atoms with E-state index in [4.69, 9.17) is 4.42 Å². The summed E-state index contributed by atoms with van der Waals surface area (Å²) < 4.78 is 19.1. The average Bonchev–Trinajstić information content (AvgIpc) is 2.87. The summed E-state index contributed by atoms with van der Waals surface area (Å²) >= 11 is 0. The molecular formula is C16H20FNO. The highest BCUT2D eigenvalue weighted by molar-refractivity contribution is 5.25. The molecule has 0 bridgehead atoms. The number of aryl methyl sites for hydroxylation is 2. The van der Waals surface area contributed by atoms with Crippen LogP contribution in [-0.4, -0.2) is 0 Å². The van der Waals surface area contributed by atoms with Gasteiger partial charge in [0.05, 0.1) is 6.54 Å². The van der Waals surface area contributed by atoms with Gasteiger partial charge in [-0.05, 0) is 43.2 Å². The Labute approximate surface area is 113 Å². The van der Waals surface area contributed by atoms with Gasteiger partial charge in [0.1, 0.15) is 17.3 Å². The molecule has 0 spiro atoms. The Balaban J connectivity index is 1.96. The van der Waals surface area contributed by atoms with Gasteiger partial charge in [-0.3, -0.25) is 0 Å². The number of hydrogen-bond acceptors (Lipinski definition) is 2. The van der Waals surface area contributed by atoms with Crippen LogP contribution in [0, 0.1) is 12.7 Å². The van der Waals surface area contributed by atoms with Gasteiger partial charge in [-0.2, -0.15) is 0 Å². The van der Waals surface area contributed by atoms with Crippen molar-refractivity contribution in [2.24, 2.45) is 0 Å². The minimum absolute atomic E-state index is 0.0882. The van der Waals surface area contributed by atoms with E-state index in [1.165, 1.54) is 0 Å². The smallest absolute Gasteiger partial charge is 0.126 e. The molecule has 2 rings (SSSR count). The molecule has 1 aromatic carbocycles. The van der Waals surface area contributed by atoms with Crippen molar-refractivity contribution in [2.75, 3.05) is 0 Å². The van der Waals surface area contributed by atoms with Gasteiger partial charge >= 0.3 is 0 Å². The summed E-state index contributed by atoms with van der Waals surface area (Å²) in [5.41, 5.74) is 1.62. The molecule has 19 heavy (non-hydrogen) atoms. The first-order valence-electron chi connectivity index (χ1n) is 6.67. The second-order valence-corrected chi connectivity index (χ2v) is 4.83. The van der Waals surface area contributed by atoms with Crippen LogP contribution in [-0.2, 0) is 13.0 Å². The molecule has 0 saturated carbocycles. The molecule has 0 aliphatic carbocycles. The van der Waals surface area contributed by atoms with Crippen LogP contribution in [0.25, 0.3) is 0 Å². The zero-order chi connectivity index (χ0) is 13.8. The maximum Gasteiger partial charge on any atom is 0.126 e. The highest BCUT2D eigenvalue weighted by Gasteiger charge is 2.08. The van der Waals surface area contributed by atoms with Gasteiger partial charge in [0.2, 0.25) is 0 Å². The summed E-state index contributed by atoms with van der Waals surface area (Å²) in [4.78, 5) is 0. The van der Waals surface area contributed by atoms with Gasteiger partial charge in [0.25, 0.3) is 0 Å². The molecule has 2 nitrogen and oxygen atoms in total. The van der Waals surface area contributed by atoms with E-state index in [1.807, 2.05) is 31.2 Å². The molecule has 0 amide bonds. The van der Waals surface area contributed by atoms with Gasteiger partial charge < -0.3 is 9.73 Å². The molecule has 1 atom stereocenters. The zero-order valence-corrected chi connectivity index (χ0v) is 11.7. The maximum atomic E-state index is 13.5. The van der Waals surface area contributed by atoms with Crippen LogP contribution < -0.4 is 5.32 Å². The summed E-state index contributed by atoms with van der Waals surface area (Å²) in [5, 5.41) is 3.34. The quantitative estimate of drug-likeness (QED) is 0.875. The fraction of sp³-hybridized carbons (Fsp3) is 0.375. The maximum absolute atomic E-state index is 13.5. The summed E-state index contributed by atoms with van der Waals surface area (Å²) in [5.74, 6) is 1.75. The van der Waals surface area contributed by atoms with Gasteiger partial charge in [0, 0.05) is 12.5 Å². The summed E-state index contributed by atoms with van der Waals surface area (Å²) in [6, 6.07) is 9.42. The predicted octanol–water partition coefficient (Wildman–Crippen LogP) is 4.14. The van der Waals surface area contributed by atoms with Crippen molar-refractivity contribution >= 4 is 0 Å². The second-order valence-electron chi connectivity index (χ2n) is 4.83. The summed E-state index contributed by atoms with van der Waals surface area (Å²) in [6.07, 6.45) is 0.902. The highest BCUT2D eigenvalue weighted by atomic mass is 19.1. The van der Waals surface area contributed by atoms with Crippen LogP contribution >= 0.6 is 0 Å². The van der Waals surface area contributed by atoms with Gasteiger partial charge in [0.15, 0.2) is 0 Å². The number of furan rings is 1. The lowest BCUT2D eigenvalue weighted by molar-refractivity contribution is 0.435. The molecule has 1 unspecified atom stereocenters. The lowest BCUT2D eigenvalue weighted by atomic mass is 10.1. The fourth-order valence-electron chi connectivity index (χ4n) is 1.96. The lowest BCUT2D eigenvalue weighted by Crippen LogP contribution is -2.18. The largest absolute Gasteiger partial charge is 0.465 e. The van der Waals surface area contributed by atoms with Crippen LogP contribution in [0.5, 0.6) is 0 Å². The third kappa shape index (κ3) is 3.44. The Bertz CT molecular complexity index is 547. The number of benzene rings is 1. The SMILES string of the molecule is CCc1ccc(CNC(C)c2ccc(C)c(F)c2)o1. The Morgan fingerprint density at radius 1 is 1.21 bits per heavy atom. The molecule has 1 N–H and O–H groups in total. The lowest BCUT2D eigenvalue weighted by Gasteiger charge is -2.14. The van der Waals surface area contributed by atoms with E-state index in [-0.39, 0.29) is 11.9 Å². The van der Waals surface area contributed by atoms with E-state index >= 15 is 0 Å². The fourth-order valence-corrected chi connectivity index (χ4v) is 1.96. The van der Waals surface area contributed by atoms with Crippen LogP contribution in [0.3, 0.4) is 0 Å². The topological polar surface area (TPSA) is 25.2 Å². The van der Waals surface area contributed by atoms with Crippen molar-refractivity contribution in [1.82, 2.24) is 5.32 Å². The molecule has 0 aliphatic rings. The molecule has 2 aromatic rings. The van der Waals surface area contributed by atoms with E-state index in [0.29, 0.717) is 12.1 Å². The molecule has 3 heteroatoms. The second kappa shape index (κ2) is 6.02. The van der Waals surface area contributed by atoms with E-state index in [2.05, 4.69) is 12.2 Å². The monoisotopic (exact) mass is 261 g/mol. The van der Waals surface area contributed by atoms with Crippen molar-refractivity contribution in [3.05, 3.63) is 58.8 Å².